The van der Waals surface area contributed by atoms with Crippen molar-refractivity contribution >= 4 is 22.8 Å². The molecule has 0 bridgehead atoms. The highest BCUT2D eigenvalue weighted by Gasteiger charge is 2.16. The summed E-state index contributed by atoms with van der Waals surface area (Å²) in [5.74, 6) is -0.233. The van der Waals surface area contributed by atoms with E-state index in [4.69, 9.17) is 0 Å². The van der Waals surface area contributed by atoms with Crippen LogP contribution in [0.5, 0.6) is 0 Å². The van der Waals surface area contributed by atoms with Crippen molar-refractivity contribution in [3.63, 3.8) is 0 Å². The summed E-state index contributed by atoms with van der Waals surface area (Å²) < 4.78 is 1.65. The molecule has 1 unspecified atom stereocenters. The van der Waals surface area contributed by atoms with E-state index in [0.717, 1.165) is 21.9 Å². The summed E-state index contributed by atoms with van der Waals surface area (Å²) in [4.78, 5) is 12.6. The number of nitrogens with zero attached hydrogens (tertiary/aromatic N) is 3. The van der Waals surface area contributed by atoms with Crippen molar-refractivity contribution in [1.29, 1.82) is 0 Å². The fourth-order valence-corrected chi connectivity index (χ4v) is 3.33. The first-order valence-corrected chi connectivity index (χ1v) is 9.61. The van der Waals surface area contributed by atoms with Gasteiger partial charge in [-0.1, -0.05) is 90.2 Å². The summed E-state index contributed by atoms with van der Waals surface area (Å²) in [7, 11) is 0. The monoisotopic (exact) mass is 382 g/mol. The minimum absolute atomic E-state index is 0.142. The number of nitrogens with one attached hydrogen (secondary N) is 1. The molecule has 29 heavy (non-hydrogen) atoms. The van der Waals surface area contributed by atoms with Gasteiger partial charge in [-0.2, -0.15) is 0 Å². The topological polar surface area (TPSA) is 59.8 Å². The van der Waals surface area contributed by atoms with E-state index in [1.165, 1.54) is 0 Å². The molecule has 0 fully saturated rings. The molecule has 1 heterocycles. The van der Waals surface area contributed by atoms with Gasteiger partial charge in [0.15, 0.2) is 5.69 Å². The molecule has 0 saturated heterocycles. The van der Waals surface area contributed by atoms with Crippen molar-refractivity contribution in [2.45, 2.75) is 19.5 Å². The molecule has 0 aliphatic heterocycles. The summed E-state index contributed by atoms with van der Waals surface area (Å²) >= 11 is 0. The number of fused-ring (bicyclic) bond motifs is 1. The zero-order valence-electron chi connectivity index (χ0n) is 16.2. The van der Waals surface area contributed by atoms with E-state index in [9.17, 15) is 4.79 Å². The summed E-state index contributed by atoms with van der Waals surface area (Å²) in [5.41, 5.74) is 2.51. The fraction of sp³-hybridized carbons (Fsp3) is 0.125. The maximum atomic E-state index is 12.6. The standard InChI is InChI=1S/C24H22N4O/c1-18(21-15-7-13-20-12-5-6-14-22(20)21)25-24(29)23-17-28(27-26-23)16-8-11-19-9-3-2-4-10-19/h2-15,17-18H,16H2,1H3,(H,25,29)/b11-8+. The number of carbonyl (C=O) groups is 1. The molecule has 1 aromatic heterocycles. The fourth-order valence-electron chi connectivity index (χ4n) is 3.33. The van der Waals surface area contributed by atoms with E-state index >= 15 is 0 Å². The molecule has 4 aromatic rings. The molecule has 1 atom stereocenters. The van der Waals surface area contributed by atoms with Gasteiger partial charge in [-0.3, -0.25) is 4.79 Å². The molecule has 0 saturated carbocycles. The molecule has 5 nitrogen and oxygen atoms in total. The third-order valence-corrected chi connectivity index (χ3v) is 4.81. The number of hydrogen-bond acceptors (Lipinski definition) is 3. The maximum Gasteiger partial charge on any atom is 0.273 e. The number of hydrogen-bond donors (Lipinski definition) is 1. The van der Waals surface area contributed by atoms with Gasteiger partial charge in [0.25, 0.3) is 5.91 Å². The minimum Gasteiger partial charge on any atom is -0.344 e. The van der Waals surface area contributed by atoms with Gasteiger partial charge >= 0.3 is 0 Å². The van der Waals surface area contributed by atoms with Crippen LogP contribution in [0.15, 0.2) is 85.1 Å². The Labute approximate surface area is 169 Å². The summed E-state index contributed by atoms with van der Waals surface area (Å²) in [6.45, 7) is 2.53. The third-order valence-electron chi connectivity index (χ3n) is 4.81. The Morgan fingerprint density at radius 2 is 1.79 bits per heavy atom. The Hall–Kier alpha value is -3.73. The van der Waals surface area contributed by atoms with Crippen molar-refractivity contribution in [2.24, 2.45) is 0 Å². The van der Waals surface area contributed by atoms with E-state index in [-0.39, 0.29) is 11.9 Å². The molecule has 1 amide bonds. The molecule has 0 radical (unpaired) electrons. The lowest BCUT2D eigenvalue weighted by atomic mass is 9.99. The van der Waals surface area contributed by atoms with Crippen molar-refractivity contribution in [3.8, 4) is 0 Å². The molecule has 0 aliphatic carbocycles. The Bertz CT molecular complexity index is 1140. The van der Waals surface area contributed by atoms with Crippen molar-refractivity contribution in [1.82, 2.24) is 20.3 Å². The second-order valence-electron chi connectivity index (χ2n) is 6.90. The third kappa shape index (κ3) is 4.41. The number of aromatic nitrogens is 3. The van der Waals surface area contributed by atoms with Crippen LogP contribution >= 0.6 is 0 Å². The predicted molar refractivity (Wildman–Crippen MR) is 115 cm³/mol. The van der Waals surface area contributed by atoms with Crippen LogP contribution in [0.25, 0.3) is 16.8 Å². The van der Waals surface area contributed by atoms with Crippen LogP contribution in [-0.4, -0.2) is 20.9 Å². The number of allylic oxidation sites excluding steroid dienone is 1. The van der Waals surface area contributed by atoms with Gasteiger partial charge in [0.1, 0.15) is 0 Å². The van der Waals surface area contributed by atoms with Crippen LogP contribution < -0.4 is 5.32 Å². The first-order valence-electron chi connectivity index (χ1n) is 9.61. The zero-order chi connectivity index (χ0) is 20.1. The highest BCUT2D eigenvalue weighted by molar-refractivity contribution is 5.93. The summed E-state index contributed by atoms with van der Waals surface area (Å²) in [5, 5.41) is 13.4. The van der Waals surface area contributed by atoms with Crippen molar-refractivity contribution < 1.29 is 4.79 Å². The zero-order valence-corrected chi connectivity index (χ0v) is 16.2. The lowest BCUT2D eigenvalue weighted by Crippen LogP contribution is -2.27. The lowest BCUT2D eigenvalue weighted by Gasteiger charge is -2.15. The van der Waals surface area contributed by atoms with E-state index in [0.29, 0.717) is 12.2 Å². The predicted octanol–water partition coefficient (Wildman–Crippen LogP) is 4.64. The second-order valence-corrected chi connectivity index (χ2v) is 6.90. The van der Waals surface area contributed by atoms with Crippen LogP contribution in [-0.2, 0) is 6.54 Å². The van der Waals surface area contributed by atoms with Gasteiger partial charge in [0.2, 0.25) is 0 Å². The molecule has 3 aromatic carbocycles. The summed E-state index contributed by atoms with van der Waals surface area (Å²) in [6.07, 6.45) is 5.68. The second kappa shape index (κ2) is 8.52. The van der Waals surface area contributed by atoms with E-state index in [1.54, 1.807) is 10.9 Å². The maximum absolute atomic E-state index is 12.6. The summed E-state index contributed by atoms with van der Waals surface area (Å²) in [6, 6.07) is 24.2. The number of carbonyl (C=O) groups excluding carboxylic acids is 1. The normalized spacial score (nSPS) is 12.3. The Morgan fingerprint density at radius 1 is 1.03 bits per heavy atom. The van der Waals surface area contributed by atoms with Gasteiger partial charge in [0.05, 0.1) is 18.8 Å². The molecule has 144 valence electrons. The van der Waals surface area contributed by atoms with Gasteiger partial charge in [-0.15, -0.1) is 5.10 Å². The average molecular weight is 382 g/mol. The molecule has 0 spiro atoms. The molecule has 0 aliphatic rings. The van der Waals surface area contributed by atoms with Gasteiger partial charge in [0, 0.05) is 0 Å². The molecule has 5 heteroatoms. The van der Waals surface area contributed by atoms with E-state index in [2.05, 4.69) is 33.8 Å². The quantitative estimate of drug-likeness (QED) is 0.529. The minimum atomic E-state index is -0.233. The van der Waals surface area contributed by atoms with Crippen LogP contribution in [0.1, 0.15) is 34.6 Å². The smallest absolute Gasteiger partial charge is 0.273 e. The van der Waals surface area contributed by atoms with E-state index in [1.807, 2.05) is 73.7 Å². The number of benzene rings is 3. The van der Waals surface area contributed by atoms with Crippen molar-refractivity contribution in [3.05, 3.63) is 102 Å². The molecule has 1 N–H and O–H groups in total. The van der Waals surface area contributed by atoms with Crippen LogP contribution in [0, 0.1) is 0 Å². The van der Waals surface area contributed by atoms with Gasteiger partial charge in [-0.05, 0) is 28.8 Å². The average Bonchev–Trinajstić information content (AvgIpc) is 3.23. The van der Waals surface area contributed by atoms with Gasteiger partial charge in [-0.25, -0.2) is 4.68 Å². The Morgan fingerprint density at radius 3 is 2.66 bits per heavy atom. The molecular weight excluding hydrogens is 360 g/mol. The number of rotatable bonds is 6. The van der Waals surface area contributed by atoms with E-state index < -0.39 is 0 Å². The first kappa shape index (κ1) is 18.6. The van der Waals surface area contributed by atoms with Gasteiger partial charge < -0.3 is 5.32 Å². The Balaban J connectivity index is 1.42. The Kier molecular flexibility index (Phi) is 5.47. The molecule has 4 rings (SSSR count). The van der Waals surface area contributed by atoms with Crippen LogP contribution in [0.3, 0.4) is 0 Å². The largest absolute Gasteiger partial charge is 0.344 e. The van der Waals surface area contributed by atoms with Crippen LogP contribution in [0.2, 0.25) is 0 Å². The highest BCUT2D eigenvalue weighted by Crippen LogP contribution is 2.24. The van der Waals surface area contributed by atoms with Crippen molar-refractivity contribution in [2.75, 3.05) is 0 Å². The number of amides is 1. The molecular formula is C24H22N4O. The lowest BCUT2D eigenvalue weighted by molar-refractivity contribution is 0.0935. The SMILES string of the molecule is CC(NC(=O)c1cn(C/C=C/c2ccccc2)nn1)c1cccc2ccccc12. The first-order chi connectivity index (χ1) is 14.2. The highest BCUT2D eigenvalue weighted by atomic mass is 16.2. The van der Waals surface area contributed by atoms with Crippen LogP contribution in [0.4, 0.5) is 0 Å².